The van der Waals surface area contributed by atoms with Crippen molar-refractivity contribution in [2.75, 3.05) is 32.5 Å². The van der Waals surface area contributed by atoms with Crippen LogP contribution in [0.2, 0.25) is 0 Å². The zero-order chi connectivity index (χ0) is 25.8. The Bertz CT molecular complexity index is 1480. The quantitative estimate of drug-likeness (QED) is 0.261. The Kier molecular flexibility index (Phi) is 8.82. The fraction of sp³-hybridized carbons (Fsp3) is 0.267. The molecule has 0 spiro atoms. The van der Waals surface area contributed by atoms with Crippen molar-refractivity contribution in [2.45, 2.75) is 24.2 Å². The van der Waals surface area contributed by atoms with Crippen LogP contribution >= 0.6 is 12.4 Å². The Morgan fingerprint density at radius 3 is 2.24 bits per heavy atom. The molecule has 38 heavy (non-hydrogen) atoms. The summed E-state index contributed by atoms with van der Waals surface area (Å²) in [5.41, 5.74) is 1.65. The number of benzene rings is 4. The van der Waals surface area contributed by atoms with Crippen LogP contribution in [0.5, 0.6) is 23.0 Å². The summed E-state index contributed by atoms with van der Waals surface area (Å²) >= 11 is 0. The molecule has 0 radical (unpaired) electrons. The van der Waals surface area contributed by atoms with Crippen LogP contribution in [0.15, 0.2) is 83.8 Å². The van der Waals surface area contributed by atoms with E-state index < -0.39 is 9.84 Å². The molecule has 0 unspecified atom stereocenters. The van der Waals surface area contributed by atoms with E-state index in [-0.39, 0.29) is 23.1 Å². The highest BCUT2D eigenvalue weighted by atomic mass is 35.5. The number of phenols is 1. The first-order valence-corrected chi connectivity index (χ1v) is 14.5. The summed E-state index contributed by atoms with van der Waals surface area (Å²) in [7, 11) is -3.29. The third-order valence-corrected chi connectivity index (χ3v) is 7.84. The van der Waals surface area contributed by atoms with Crippen LogP contribution in [0, 0.1) is 0 Å². The van der Waals surface area contributed by atoms with Crippen molar-refractivity contribution < 1.29 is 23.0 Å². The summed E-state index contributed by atoms with van der Waals surface area (Å²) < 4.78 is 36.2. The lowest BCUT2D eigenvalue weighted by Crippen LogP contribution is -2.33. The van der Waals surface area contributed by atoms with Gasteiger partial charge in [0.2, 0.25) is 0 Å². The average Bonchev–Trinajstić information content (AvgIpc) is 2.90. The van der Waals surface area contributed by atoms with Gasteiger partial charge in [-0.05, 0) is 97.5 Å². The van der Waals surface area contributed by atoms with Crippen molar-refractivity contribution in [3.05, 3.63) is 78.9 Å². The van der Waals surface area contributed by atoms with Gasteiger partial charge in [0.05, 0.1) is 4.90 Å². The van der Waals surface area contributed by atoms with Crippen molar-refractivity contribution >= 4 is 33.0 Å². The van der Waals surface area contributed by atoms with Crippen molar-refractivity contribution in [2.24, 2.45) is 0 Å². The van der Waals surface area contributed by atoms with Crippen LogP contribution < -0.4 is 9.47 Å². The molecule has 4 aromatic carbocycles. The molecule has 1 fully saturated rings. The standard InChI is InChI=1S/C30H31NO5S.ClH/c1-37(33,34)27-13-5-22(6-14-27)28-15-7-23-21-24(32)8-16-29(23)30(28)36-26-11-9-25(10-12-26)35-20-19-31-17-3-2-4-18-31;/h5-16,21,32H,2-4,17-20H2,1H3;1H/i30+2;. The van der Waals surface area contributed by atoms with E-state index in [1.807, 2.05) is 42.5 Å². The lowest BCUT2D eigenvalue weighted by atomic mass is 10.1. The number of sulfone groups is 1. The maximum atomic E-state index is 11.9. The predicted molar refractivity (Wildman–Crippen MR) is 154 cm³/mol. The highest BCUT2D eigenvalue weighted by Gasteiger charge is 2.15. The fourth-order valence-corrected chi connectivity index (χ4v) is 5.34. The number of likely N-dealkylation sites (tertiary alicyclic amines) is 1. The third-order valence-electron chi connectivity index (χ3n) is 6.72. The number of hydrogen-bond acceptors (Lipinski definition) is 6. The summed E-state index contributed by atoms with van der Waals surface area (Å²) in [5, 5.41) is 11.6. The van der Waals surface area contributed by atoms with Gasteiger partial charge in [0, 0.05) is 23.8 Å². The maximum absolute atomic E-state index is 11.9. The lowest BCUT2D eigenvalue weighted by molar-refractivity contribution is 0.183. The van der Waals surface area contributed by atoms with Gasteiger partial charge in [0.1, 0.15) is 29.6 Å². The Labute approximate surface area is 230 Å². The van der Waals surface area contributed by atoms with Crippen LogP contribution in [-0.2, 0) is 9.84 Å². The number of rotatable bonds is 8. The van der Waals surface area contributed by atoms with Gasteiger partial charge in [0.25, 0.3) is 0 Å². The molecule has 1 heterocycles. The second kappa shape index (κ2) is 12.1. The number of halogens is 1. The summed E-state index contributed by atoms with van der Waals surface area (Å²) in [5.74, 6) is 2.25. The molecule has 8 heteroatoms. The number of aromatic hydroxyl groups is 1. The van der Waals surface area contributed by atoms with Crippen LogP contribution in [-0.4, -0.2) is 50.9 Å². The van der Waals surface area contributed by atoms with Crippen LogP contribution in [0.4, 0.5) is 0 Å². The molecular weight excluding hydrogens is 524 g/mol. The second-order valence-electron chi connectivity index (χ2n) is 9.47. The van der Waals surface area contributed by atoms with Gasteiger partial charge in [0.15, 0.2) is 9.84 Å². The molecule has 0 amide bonds. The van der Waals surface area contributed by atoms with Gasteiger partial charge >= 0.3 is 0 Å². The number of fused-ring (bicyclic) bond motifs is 1. The number of ether oxygens (including phenoxy) is 2. The van der Waals surface area contributed by atoms with Crippen molar-refractivity contribution in [3.8, 4) is 34.1 Å². The molecule has 5 rings (SSSR count). The SMILES string of the molecule is CS(=O)(=O)c1ccc(-c2ccc3cc(O)ccc3[14c]2Oc2ccc(OCCN3CCCCC3)cc2)cc1.Cl. The molecule has 0 aromatic heterocycles. The van der Waals surface area contributed by atoms with E-state index in [1.54, 1.807) is 36.4 Å². The molecule has 1 aliphatic rings. The van der Waals surface area contributed by atoms with E-state index in [4.69, 9.17) is 9.47 Å². The monoisotopic (exact) mass is 555 g/mol. The largest absolute Gasteiger partial charge is 0.508 e. The lowest BCUT2D eigenvalue weighted by Gasteiger charge is -2.26. The van der Waals surface area contributed by atoms with Crippen LogP contribution in [0.3, 0.4) is 0 Å². The summed E-state index contributed by atoms with van der Waals surface area (Å²) in [4.78, 5) is 2.71. The van der Waals surface area contributed by atoms with Gasteiger partial charge in [-0.3, -0.25) is 4.90 Å². The number of phenolic OH excluding ortho intramolecular Hbond substituents is 1. The normalized spacial score (nSPS) is 14.1. The molecule has 1 aliphatic heterocycles. The number of piperidine rings is 1. The highest BCUT2D eigenvalue weighted by molar-refractivity contribution is 7.90. The highest BCUT2D eigenvalue weighted by Crippen LogP contribution is 2.41. The van der Waals surface area contributed by atoms with E-state index in [0.29, 0.717) is 18.1 Å². The average molecular weight is 556 g/mol. The molecule has 6 nitrogen and oxygen atoms in total. The topological polar surface area (TPSA) is 76.1 Å². The van der Waals surface area contributed by atoms with Crippen LogP contribution in [0.25, 0.3) is 21.9 Å². The zero-order valence-electron chi connectivity index (χ0n) is 21.3. The molecule has 0 bridgehead atoms. The molecular formula is C30H32ClNO5S. The van der Waals surface area contributed by atoms with Crippen molar-refractivity contribution in [1.82, 2.24) is 4.90 Å². The number of nitrogens with zero attached hydrogens (tertiary/aromatic N) is 1. The smallest absolute Gasteiger partial charge is 0.175 e. The summed E-state index contributed by atoms with van der Waals surface area (Å²) in [6.45, 7) is 3.89. The zero-order valence-corrected chi connectivity index (χ0v) is 22.9. The first-order chi connectivity index (χ1) is 17.9. The molecule has 200 valence electrons. The fourth-order valence-electron chi connectivity index (χ4n) is 4.71. The van der Waals surface area contributed by atoms with Gasteiger partial charge < -0.3 is 14.6 Å². The van der Waals surface area contributed by atoms with E-state index >= 15 is 0 Å². The molecule has 0 atom stereocenters. The van der Waals surface area contributed by atoms with Crippen LogP contribution in [0.1, 0.15) is 19.3 Å². The van der Waals surface area contributed by atoms with Gasteiger partial charge in [-0.1, -0.05) is 24.6 Å². The minimum absolute atomic E-state index is 0. The molecule has 1 N–H and O–H groups in total. The Morgan fingerprint density at radius 1 is 0.868 bits per heavy atom. The third kappa shape index (κ3) is 6.59. The number of hydrogen-bond donors (Lipinski definition) is 1. The summed E-state index contributed by atoms with van der Waals surface area (Å²) in [6.07, 6.45) is 5.05. The molecule has 0 aliphatic carbocycles. The van der Waals surface area contributed by atoms with Gasteiger partial charge in [-0.2, -0.15) is 0 Å². The second-order valence-corrected chi connectivity index (χ2v) is 11.5. The minimum Gasteiger partial charge on any atom is -0.508 e. The van der Waals surface area contributed by atoms with Gasteiger partial charge in [-0.15, -0.1) is 12.4 Å². The molecule has 4 aromatic rings. The first-order valence-electron chi connectivity index (χ1n) is 12.6. The van der Waals surface area contributed by atoms with Gasteiger partial charge in [-0.25, -0.2) is 8.42 Å². The Hall–Kier alpha value is -3.26. The summed E-state index contributed by atoms with van der Waals surface area (Å²) in [6, 6.07) is 23.3. The van der Waals surface area contributed by atoms with E-state index in [9.17, 15) is 13.5 Å². The Balaban J connectivity index is 0.00000336. The van der Waals surface area contributed by atoms with E-state index in [2.05, 4.69) is 4.90 Å². The predicted octanol–water partition coefficient (Wildman–Crippen LogP) is 6.69. The van der Waals surface area contributed by atoms with Crippen molar-refractivity contribution in [3.63, 3.8) is 0 Å². The maximum Gasteiger partial charge on any atom is 0.175 e. The molecule has 0 saturated carbocycles. The molecule has 1 saturated heterocycles. The van der Waals surface area contributed by atoms with E-state index in [0.717, 1.165) is 47.3 Å². The Morgan fingerprint density at radius 2 is 1.55 bits per heavy atom. The first kappa shape index (κ1) is 27.8. The van der Waals surface area contributed by atoms with Crippen molar-refractivity contribution in [1.29, 1.82) is 0 Å². The minimum atomic E-state index is -3.29. The van der Waals surface area contributed by atoms with E-state index in [1.165, 1.54) is 25.5 Å².